The van der Waals surface area contributed by atoms with Crippen molar-refractivity contribution in [2.45, 2.75) is 33.6 Å². The van der Waals surface area contributed by atoms with Gasteiger partial charge < -0.3 is 5.43 Å². The molecule has 1 aromatic heterocycles. The average Bonchev–Trinajstić information content (AvgIpc) is 2.32. The molecule has 0 bridgehead atoms. The van der Waals surface area contributed by atoms with Gasteiger partial charge in [-0.15, -0.1) is 0 Å². The fraction of sp³-hybridized carbons (Fsp3) is 0.357. The molecule has 2 aromatic rings. The van der Waals surface area contributed by atoms with Crippen LogP contribution >= 0.6 is 15.9 Å². The minimum Gasteiger partial charge on any atom is -0.323 e. The largest absolute Gasteiger partial charge is 0.323 e. The molecular weight excluding hydrogens is 290 g/mol. The first kappa shape index (κ1) is 13.3. The summed E-state index contributed by atoms with van der Waals surface area (Å²) in [5.74, 6) is 6.11. The summed E-state index contributed by atoms with van der Waals surface area (Å²) in [6.07, 6.45) is 0. The van der Waals surface area contributed by atoms with Crippen molar-refractivity contribution in [1.29, 1.82) is 0 Å². The van der Waals surface area contributed by atoms with E-state index in [1.54, 1.807) is 0 Å². The van der Waals surface area contributed by atoms with Crippen LogP contribution in [0.15, 0.2) is 16.6 Å². The number of benzene rings is 1. The van der Waals surface area contributed by atoms with Gasteiger partial charge in [0.2, 0.25) is 0 Å². The lowest BCUT2D eigenvalue weighted by Gasteiger charge is -2.18. The van der Waals surface area contributed by atoms with E-state index in [1.807, 2.05) is 13.0 Å². The van der Waals surface area contributed by atoms with Crippen LogP contribution < -0.4 is 11.3 Å². The van der Waals surface area contributed by atoms with Crippen molar-refractivity contribution >= 4 is 32.5 Å². The minimum absolute atomic E-state index is 0.386. The summed E-state index contributed by atoms with van der Waals surface area (Å²) in [7, 11) is 0. The monoisotopic (exact) mass is 307 g/mol. The molecule has 0 atom stereocenters. The van der Waals surface area contributed by atoms with Crippen molar-refractivity contribution in [3.05, 3.63) is 33.4 Å². The van der Waals surface area contributed by atoms with E-state index >= 15 is 0 Å². The van der Waals surface area contributed by atoms with Crippen molar-refractivity contribution in [1.82, 2.24) is 4.98 Å². The SMILES string of the molecule is Cc1nc2c(C)c(Br)ccc2c(NN)c1C(C)C. The van der Waals surface area contributed by atoms with Gasteiger partial charge in [-0.25, -0.2) is 0 Å². The van der Waals surface area contributed by atoms with Crippen LogP contribution in [-0.2, 0) is 0 Å². The molecule has 0 unspecified atom stereocenters. The third-order valence-electron chi connectivity index (χ3n) is 3.29. The molecule has 0 aliphatic heterocycles. The molecule has 3 N–H and O–H groups in total. The molecule has 2 rings (SSSR count). The Balaban J connectivity index is 2.93. The number of anilines is 1. The Morgan fingerprint density at radius 3 is 2.50 bits per heavy atom. The third kappa shape index (κ3) is 1.99. The number of halogens is 1. The summed E-state index contributed by atoms with van der Waals surface area (Å²) in [6, 6.07) is 4.10. The van der Waals surface area contributed by atoms with Crippen LogP contribution in [0.1, 0.15) is 36.6 Å². The van der Waals surface area contributed by atoms with Gasteiger partial charge in [0.05, 0.1) is 11.2 Å². The van der Waals surface area contributed by atoms with Gasteiger partial charge in [0.1, 0.15) is 0 Å². The number of hydrazine groups is 1. The van der Waals surface area contributed by atoms with Gasteiger partial charge in [0, 0.05) is 21.1 Å². The Hall–Kier alpha value is -1.13. The lowest BCUT2D eigenvalue weighted by Crippen LogP contribution is -2.13. The number of nitrogens with one attached hydrogen (secondary N) is 1. The number of aryl methyl sites for hydroxylation is 2. The average molecular weight is 308 g/mol. The molecule has 1 aromatic carbocycles. The normalized spacial score (nSPS) is 11.3. The highest BCUT2D eigenvalue weighted by Crippen LogP contribution is 2.35. The maximum atomic E-state index is 5.72. The van der Waals surface area contributed by atoms with E-state index in [-0.39, 0.29) is 0 Å². The topological polar surface area (TPSA) is 50.9 Å². The van der Waals surface area contributed by atoms with Crippen LogP contribution in [0, 0.1) is 13.8 Å². The van der Waals surface area contributed by atoms with Gasteiger partial charge in [0.25, 0.3) is 0 Å². The molecule has 0 saturated carbocycles. The number of nitrogen functional groups attached to an aromatic ring is 1. The van der Waals surface area contributed by atoms with Gasteiger partial charge in [-0.2, -0.15) is 0 Å². The van der Waals surface area contributed by atoms with E-state index in [2.05, 4.69) is 48.2 Å². The molecule has 96 valence electrons. The second-order valence-corrected chi connectivity index (χ2v) is 5.71. The maximum absolute atomic E-state index is 5.72. The van der Waals surface area contributed by atoms with E-state index < -0.39 is 0 Å². The first-order valence-corrected chi connectivity index (χ1v) is 6.82. The number of hydrogen-bond acceptors (Lipinski definition) is 3. The summed E-state index contributed by atoms with van der Waals surface area (Å²) in [5.41, 5.74) is 8.20. The van der Waals surface area contributed by atoms with E-state index in [0.29, 0.717) is 5.92 Å². The van der Waals surface area contributed by atoms with E-state index in [4.69, 9.17) is 10.8 Å². The van der Waals surface area contributed by atoms with E-state index in [1.165, 1.54) is 5.56 Å². The van der Waals surface area contributed by atoms with Crippen LogP contribution in [-0.4, -0.2) is 4.98 Å². The molecule has 4 heteroatoms. The third-order valence-corrected chi connectivity index (χ3v) is 4.15. The molecule has 0 radical (unpaired) electrons. The number of rotatable bonds is 2. The van der Waals surface area contributed by atoms with Crippen molar-refractivity contribution in [3.63, 3.8) is 0 Å². The minimum atomic E-state index is 0.386. The van der Waals surface area contributed by atoms with Crippen molar-refractivity contribution in [2.24, 2.45) is 5.84 Å². The van der Waals surface area contributed by atoms with E-state index in [0.717, 1.165) is 32.3 Å². The highest BCUT2D eigenvalue weighted by Gasteiger charge is 2.16. The van der Waals surface area contributed by atoms with Crippen LogP contribution in [0.2, 0.25) is 0 Å². The predicted molar refractivity (Wildman–Crippen MR) is 80.8 cm³/mol. The highest BCUT2D eigenvalue weighted by molar-refractivity contribution is 9.10. The van der Waals surface area contributed by atoms with Gasteiger partial charge in [-0.1, -0.05) is 29.8 Å². The number of fused-ring (bicyclic) bond motifs is 1. The van der Waals surface area contributed by atoms with Crippen LogP contribution in [0.5, 0.6) is 0 Å². The number of hydrogen-bond donors (Lipinski definition) is 2. The molecule has 0 saturated heterocycles. The van der Waals surface area contributed by atoms with Gasteiger partial charge in [-0.05, 0) is 37.5 Å². The summed E-state index contributed by atoms with van der Waals surface area (Å²) < 4.78 is 1.07. The van der Waals surface area contributed by atoms with Crippen LogP contribution in [0.3, 0.4) is 0 Å². The Morgan fingerprint density at radius 2 is 1.94 bits per heavy atom. The number of pyridine rings is 1. The van der Waals surface area contributed by atoms with Crippen molar-refractivity contribution in [2.75, 3.05) is 5.43 Å². The molecule has 18 heavy (non-hydrogen) atoms. The zero-order chi connectivity index (χ0) is 13.4. The van der Waals surface area contributed by atoms with Crippen LogP contribution in [0.4, 0.5) is 5.69 Å². The Morgan fingerprint density at radius 1 is 1.28 bits per heavy atom. The molecule has 0 aliphatic rings. The molecule has 1 heterocycles. The van der Waals surface area contributed by atoms with Gasteiger partial charge in [0.15, 0.2) is 0 Å². The zero-order valence-corrected chi connectivity index (χ0v) is 12.7. The molecule has 3 nitrogen and oxygen atoms in total. The standard InChI is InChI=1S/C14H18BrN3/c1-7(2)12-9(4)17-13-8(3)11(15)6-5-10(13)14(12)18-16/h5-7H,16H2,1-4H3,(H,17,18). The smallest absolute Gasteiger partial charge is 0.0767 e. The maximum Gasteiger partial charge on any atom is 0.0767 e. The zero-order valence-electron chi connectivity index (χ0n) is 11.1. The van der Waals surface area contributed by atoms with Gasteiger partial charge in [-0.3, -0.25) is 10.8 Å². The van der Waals surface area contributed by atoms with E-state index in [9.17, 15) is 0 Å². The second kappa shape index (κ2) is 4.86. The first-order valence-electron chi connectivity index (χ1n) is 6.03. The molecule has 0 fully saturated rings. The van der Waals surface area contributed by atoms with Gasteiger partial charge >= 0.3 is 0 Å². The quantitative estimate of drug-likeness (QED) is 0.650. The lowest BCUT2D eigenvalue weighted by molar-refractivity contribution is 0.848. The number of nitrogens with zero attached hydrogens (tertiary/aromatic N) is 1. The summed E-state index contributed by atoms with van der Waals surface area (Å²) in [6.45, 7) is 8.41. The number of nitrogens with two attached hydrogens (primary N) is 1. The summed E-state index contributed by atoms with van der Waals surface area (Å²) >= 11 is 3.54. The Bertz CT molecular complexity index is 606. The summed E-state index contributed by atoms with van der Waals surface area (Å²) in [4.78, 5) is 4.74. The molecule has 0 amide bonds. The lowest BCUT2D eigenvalue weighted by atomic mass is 9.96. The molecule has 0 aliphatic carbocycles. The Labute approximate surface area is 116 Å². The fourth-order valence-corrected chi connectivity index (χ4v) is 2.76. The highest BCUT2D eigenvalue weighted by atomic mass is 79.9. The molecule has 0 spiro atoms. The predicted octanol–water partition coefficient (Wildman–Crippen LogP) is 4.02. The fourth-order valence-electron chi connectivity index (χ4n) is 2.44. The number of aromatic nitrogens is 1. The second-order valence-electron chi connectivity index (χ2n) is 4.85. The first-order chi connectivity index (χ1) is 8.47. The van der Waals surface area contributed by atoms with Crippen molar-refractivity contribution < 1.29 is 0 Å². The Kier molecular flexibility index (Phi) is 3.59. The summed E-state index contributed by atoms with van der Waals surface area (Å²) in [5, 5.41) is 1.08. The van der Waals surface area contributed by atoms with Crippen molar-refractivity contribution in [3.8, 4) is 0 Å². The molecular formula is C14H18BrN3. The van der Waals surface area contributed by atoms with Crippen LogP contribution in [0.25, 0.3) is 10.9 Å².